The van der Waals surface area contributed by atoms with Crippen LogP contribution in [-0.2, 0) is 25.4 Å². The summed E-state index contributed by atoms with van der Waals surface area (Å²) in [7, 11) is -5.31. The SMILES string of the molecule is CCCCN(CCS(C)(=O)=O)CCS(=O)(=O)Oc1ccc(C(C)(C)c2ccc(OC)cc2)cc1. The van der Waals surface area contributed by atoms with E-state index in [0.717, 1.165) is 29.7 Å². The van der Waals surface area contributed by atoms with Crippen LogP contribution in [0.5, 0.6) is 11.5 Å². The second-order valence-corrected chi connectivity index (χ2v) is 13.0. The van der Waals surface area contributed by atoms with E-state index in [1.165, 1.54) is 6.26 Å². The topological polar surface area (TPSA) is 90.0 Å². The van der Waals surface area contributed by atoms with Crippen molar-refractivity contribution < 1.29 is 25.8 Å². The molecule has 0 atom stereocenters. The number of hydrogen-bond donors (Lipinski definition) is 0. The third-order valence-corrected chi connectivity index (χ3v) is 7.93. The summed E-state index contributed by atoms with van der Waals surface area (Å²) in [6.07, 6.45) is 3.00. The molecule has 0 N–H and O–H groups in total. The van der Waals surface area contributed by atoms with Crippen LogP contribution in [0.15, 0.2) is 48.5 Å². The molecular weight excluding hydrogens is 474 g/mol. The van der Waals surface area contributed by atoms with Gasteiger partial charge in [0, 0.05) is 24.8 Å². The first-order chi connectivity index (χ1) is 15.9. The molecule has 2 rings (SSSR count). The van der Waals surface area contributed by atoms with Crippen molar-refractivity contribution in [1.29, 1.82) is 0 Å². The molecule has 2 aromatic carbocycles. The van der Waals surface area contributed by atoms with Gasteiger partial charge in [0.2, 0.25) is 0 Å². The maximum absolute atomic E-state index is 12.6. The van der Waals surface area contributed by atoms with E-state index in [-0.39, 0.29) is 29.2 Å². The standard InChI is InChI=1S/C25H37NO6S2/c1-6-7-16-26(17-19-33(5,27)28)18-20-34(29,30)32-24-14-10-22(11-15-24)25(2,3)21-8-12-23(31-4)13-9-21/h8-15H,6-7,16-20H2,1-5H3. The fraction of sp³-hybridized carbons (Fsp3) is 0.520. The molecule has 0 aliphatic heterocycles. The molecule has 7 nitrogen and oxygen atoms in total. The Kier molecular flexibility index (Phi) is 9.96. The third kappa shape index (κ3) is 8.92. The fourth-order valence-electron chi connectivity index (χ4n) is 3.54. The van der Waals surface area contributed by atoms with Crippen molar-refractivity contribution in [2.45, 2.75) is 39.0 Å². The van der Waals surface area contributed by atoms with E-state index >= 15 is 0 Å². The lowest BCUT2D eigenvalue weighted by molar-refractivity contribution is 0.298. The maximum Gasteiger partial charge on any atom is 0.310 e. The molecule has 0 bridgehead atoms. The largest absolute Gasteiger partial charge is 0.497 e. The number of benzene rings is 2. The number of unbranched alkanes of at least 4 members (excludes halogenated alkanes) is 1. The van der Waals surface area contributed by atoms with Gasteiger partial charge in [0.25, 0.3) is 0 Å². The van der Waals surface area contributed by atoms with Crippen molar-refractivity contribution in [3.8, 4) is 11.5 Å². The second-order valence-electron chi connectivity index (χ2n) is 9.05. The summed E-state index contributed by atoms with van der Waals surface area (Å²) >= 11 is 0. The van der Waals surface area contributed by atoms with Gasteiger partial charge in [-0.05, 0) is 48.4 Å². The van der Waals surface area contributed by atoms with Gasteiger partial charge >= 0.3 is 10.1 Å². The molecule has 0 radical (unpaired) electrons. The first-order valence-corrected chi connectivity index (χ1v) is 15.1. The summed E-state index contributed by atoms with van der Waals surface area (Å²) in [6, 6.07) is 14.9. The Labute approximate surface area is 205 Å². The summed E-state index contributed by atoms with van der Waals surface area (Å²) in [4.78, 5) is 1.87. The molecule has 0 amide bonds. The Morgan fingerprint density at radius 2 is 1.29 bits per heavy atom. The van der Waals surface area contributed by atoms with Crippen LogP contribution in [0.4, 0.5) is 0 Å². The average Bonchev–Trinajstić information content (AvgIpc) is 2.78. The number of methoxy groups -OCH3 is 1. The lowest BCUT2D eigenvalue weighted by atomic mass is 9.78. The third-order valence-electron chi connectivity index (χ3n) is 5.87. The molecule has 0 aromatic heterocycles. The highest BCUT2D eigenvalue weighted by atomic mass is 32.2. The van der Waals surface area contributed by atoms with E-state index in [1.807, 2.05) is 48.2 Å². The first-order valence-electron chi connectivity index (χ1n) is 11.4. The molecule has 0 fully saturated rings. The summed E-state index contributed by atoms with van der Waals surface area (Å²) < 4.78 is 58.7. The van der Waals surface area contributed by atoms with Gasteiger partial charge in [-0.15, -0.1) is 0 Å². The molecule has 0 unspecified atom stereocenters. The normalized spacial score (nSPS) is 12.6. The number of rotatable bonds is 14. The molecule has 0 saturated heterocycles. The lowest BCUT2D eigenvalue weighted by Crippen LogP contribution is -2.35. The molecule has 0 aliphatic carbocycles. The highest BCUT2D eigenvalue weighted by Gasteiger charge is 2.24. The van der Waals surface area contributed by atoms with Gasteiger partial charge in [-0.1, -0.05) is 51.5 Å². The summed E-state index contributed by atoms with van der Waals surface area (Å²) in [5.41, 5.74) is 1.84. The molecule has 2 aromatic rings. The molecule has 0 spiro atoms. The zero-order valence-electron chi connectivity index (χ0n) is 20.8. The highest BCUT2D eigenvalue weighted by Crippen LogP contribution is 2.33. The maximum atomic E-state index is 12.6. The van der Waals surface area contributed by atoms with Crippen LogP contribution in [0.3, 0.4) is 0 Å². The highest BCUT2D eigenvalue weighted by molar-refractivity contribution is 7.90. The van der Waals surface area contributed by atoms with Crippen LogP contribution in [0.1, 0.15) is 44.7 Å². The van der Waals surface area contributed by atoms with Gasteiger partial charge < -0.3 is 13.8 Å². The monoisotopic (exact) mass is 511 g/mol. The van der Waals surface area contributed by atoms with E-state index < -0.39 is 20.0 Å². The van der Waals surface area contributed by atoms with Crippen molar-refractivity contribution in [2.24, 2.45) is 0 Å². The molecule has 0 heterocycles. The van der Waals surface area contributed by atoms with E-state index in [2.05, 4.69) is 13.8 Å². The summed E-state index contributed by atoms with van der Waals surface area (Å²) in [5, 5.41) is 0. The second kappa shape index (κ2) is 12.0. The van der Waals surface area contributed by atoms with Crippen molar-refractivity contribution in [3.63, 3.8) is 0 Å². The first kappa shape index (κ1) is 28.1. The Bertz CT molecular complexity index is 1110. The summed E-state index contributed by atoms with van der Waals surface area (Å²) in [6.45, 7) is 7.42. The van der Waals surface area contributed by atoms with E-state index in [9.17, 15) is 16.8 Å². The van der Waals surface area contributed by atoms with Crippen molar-refractivity contribution in [1.82, 2.24) is 4.90 Å². The van der Waals surface area contributed by atoms with Gasteiger partial charge in [-0.2, -0.15) is 8.42 Å². The van der Waals surface area contributed by atoms with E-state index in [0.29, 0.717) is 13.1 Å². The minimum Gasteiger partial charge on any atom is -0.497 e. The quantitative estimate of drug-likeness (QED) is 0.356. The average molecular weight is 512 g/mol. The molecule has 0 aliphatic rings. The van der Waals surface area contributed by atoms with Gasteiger partial charge in [0.15, 0.2) is 0 Å². The smallest absolute Gasteiger partial charge is 0.310 e. The minimum atomic E-state index is -3.82. The van der Waals surface area contributed by atoms with E-state index in [4.69, 9.17) is 8.92 Å². The Balaban J connectivity index is 2.03. The van der Waals surface area contributed by atoms with Crippen LogP contribution >= 0.6 is 0 Å². The molecular formula is C25H37NO6S2. The number of hydrogen-bond acceptors (Lipinski definition) is 7. The zero-order chi connectivity index (χ0) is 25.4. The molecule has 0 saturated carbocycles. The lowest BCUT2D eigenvalue weighted by Gasteiger charge is -2.26. The van der Waals surface area contributed by atoms with Gasteiger partial charge in [0.05, 0.1) is 18.6 Å². The Morgan fingerprint density at radius 3 is 1.76 bits per heavy atom. The Morgan fingerprint density at radius 1 is 0.794 bits per heavy atom. The van der Waals surface area contributed by atoms with Gasteiger partial charge in [-0.25, -0.2) is 8.42 Å². The predicted octanol–water partition coefficient (Wildman–Crippen LogP) is 3.88. The van der Waals surface area contributed by atoms with E-state index in [1.54, 1.807) is 19.2 Å². The summed E-state index contributed by atoms with van der Waals surface area (Å²) in [5.74, 6) is 0.839. The minimum absolute atomic E-state index is 0.00304. The van der Waals surface area contributed by atoms with Crippen LogP contribution in [-0.4, -0.2) is 66.2 Å². The molecule has 190 valence electrons. The van der Waals surface area contributed by atoms with Gasteiger partial charge in [0.1, 0.15) is 21.3 Å². The van der Waals surface area contributed by atoms with Crippen LogP contribution < -0.4 is 8.92 Å². The zero-order valence-corrected chi connectivity index (χ0v) is 22.4. The van der Waals surface area contributed by atoms with Crippen LogP contribution in [0.25, 0.3) is 0 Å². The van der Waals surface area contributed by atoms with Gasteiger partial charge in [-0.3, -0.25) is 0 Å². The predicted molar refractivity (Wildman–Crippen MR) is 137 cm³/mol. The number of nitrogens with zero attached hydrogens (tertiary/aromatic N) is 1. The van der Waals surface area contributed by atoms with Crippen molar-refractivity contribution >= 4 is 20.0 Å². The van der Waals surface area contributed by atoms with Crippen molar-refractivity contribution in [3.05, 3.63) is 59.7 Å². The number of sulfone groups is 1. The molecule has 34 heavy (non-hydrogen) atoms. The van der Waals surface area contributed by atoms with Crippen LogP contribution in [0.2, 0.25) is 0 Å². The van der Waals surface area contributed by atoms with Crippen LogP contribution in [0, 0.1) is 0 Å². The van der Waals surface area contributed by atoms with Crippen molar-refractivity contribution in [2.75, 3.05) is 44.5 Å². The number of ether oxygens (including phenoxy) is 1. The molecule has 9 heteroatoms. The Hall–Kier alpha value is -2.10. The fourth-order valence-corrected chi connectivity index (χ4v) is 5.10.